The second-order valence-electron chi connectivity index (χ2n) is 5.23. The molecule has 0 saturated carbocycles. The lowest BCUT2D eigenvalue weighted by Crippen LogP contribution is -2.33. The minimum Gasteiger partial charge on any atom is -0.371 e. The number of rotatable bonds is 2. The van der Waals surface area contributed by atoms with Gasteiger partial charge in [0.1, 0.15) is 0 Å². The minimum absolute atomic E-state index is 0.0116. The van der Waals surface area contributed by atoms with E-state index in [1.165, 1.54) is 13.0 Å². The van der Waals surface area contributed by atoms with Crippen molar-refractivity contribution in [2.75, 3.05) is 13.1 Å². The van der Waals surface area contributed by atoms with Crippen molar-refractivity contribution in [1.82, 2.24) is 4.90 Å². The van der Waals surface area contributed by atoms with Gasteiger partial charge in [-0.3, -0.25) is 4.90 Å². The SMILES string of the molecule is CC(C)N1CC[C@H](OC(C)(C)C)C1. The lowest BCUT2D eigenvalue weighted by Gasteiger charge is -2.26. The van der Waals surface area contributed by atoms with Gasteiger partial charge in [0.15, 0.2) is 0 Å². The van der Waals surface area contributed by atoms with E-state index in [0.29, 0.717) is 12.1 Å². The highest BCUT2D eigenvalue weighted by atomic mass is 16.5. The Bertz CT molecular complexity index is 160. The van der Waals surface area contributed by atoms with E-state index >= 15 is 0 Å². The molecule has 13 heavy (non-hydrogen) atoms. The van der Waals surface area contributed by atoms with Crippen LogP contribution in [0.5, 0.6) is 0 Å². The second kappa shape index (κ2) is 3.97. The first kappa shape index (κ1) is 11.0. The van der Waals surface area contributed by atoms with Crippen molar-refractivity contribution in [1.29, 1.82) is 0 Å². The molecular formula is C11H23NO. The highest BCUT2D eigenvalue weighted by Gasteiger charge is 2.27. The van der Waals surface area contributed by atoms with Gasteiger partial charge < -0.3 is 4.74 Å². The van der Waals surface area contributed by atoms with E-state index in [1.807, 2.05) is 0 Å². The molecule has 0 amide bonds. The molecular weight excluding hydrogens is 162 g/mol. The van der Waals surface area contributed by atoms with E-state index in [2.05, 4.69) is 39.5 Å². The van der Waals surface area contributed by atoms with Crippen LogP contribution in [0.4, 0.5) is 0 Å². The Hall–Kier alpha value is -0.0800. The fraction of sp³-hybridized carbons (Fsp3) is 1.00. The lowest BCUT2D eigenvalue weighted by molar-refractivity contribution is -0.0547. The van der Waals surface area contributed by atoms with Crippen LogP contribution in [0, 0.1) is 0 Å². The smallest absolute Gasteiger partial charge is 0.0721 e. The van der Waals surface area contributed by atoms with E-state index in [0.717, 1.165) is 6.54 Å². The molecule has 1 rings (SSSR count). The van der Waals surface area contributed by atoms with Crippen LogP contribution in [0.3, 0.4) is 0 Å². The Labute approximate surface area is 82.3 Å². The second-order valence-corrected chi connectivity index (χ2v) is 5.23. The minimum atomic E-state index is 0.0116. The lowest BCUT2D eigenvalue weighted by atomic mass is 10.2. The van der Waals surface area contributed by atoms with Gasteiger partial charge in [0.25, 0.3) is 0 Å². The summed E-state index contributed by atoms with van der Waals surface area (Å²) in [5.41, 5.74) is 0.0116. The molecule has 1 heterocycles. The topological polar surface area (TPSA) is 12.5 Å². The normalized spacial score (nSPS) is 25.8. The average molecular weight is 185 g/mol. The molecule has 0 aromatic carbocycles. The highest BCUT2D eigenvalue weighted by Crippen LogP contribution is 2.20. The Balaban J connectivity index is 2.33. The zero-order chi connectivity index (χ0) is 10.1. The van der Waals surface area contributed by atoms with Crippen molar-refractivity contribution in [3.05, 3.63) is 0 Å². The Morgan fingerprint density at radius 2 is 1.92 bits per heavy atom. The Morgan fingerprint density at radius 3 is 2.31 bits per heavy atom. The molecule has 1 aliphatic heterocycles. The van der Waals surface area contributed by atoms with Crippen LogP contribution in [-0.2, 0) is 4.74 Å². The predicted octanol–water partition coefficient (Wildman–Crippen LogP) is 2.28. The van der Waals surface area contributed by atoms with Crippen LogP contribution < -0.4 is 0 Å². The molecule has 2 heteroatoms. The van der Waals surface area contributed by atoms with Crippen molar-refractivity contribution < 1.29 is 4.74 Å². The van der Waals surface area contributed by atoms with Gasteiger partial charge in [0.05, 0.1) is 11.7 Å². The molecule has 1 atom stereocenters. The maximum Gasteiger partial charge on any atom is 0.0721 e. The molecule has 0 radical (unpaired) electrons. The van der Waals surface area contributed by atoms with E-state index < -0.39 is 0 Å². The van der Waals surface area contributed by atoms with Crippen molar-refractivity contribution in [2.24, 2.45) is 0 Å². The molecule has 0 spiro atoms. The third-order valence-corrected chi connectivity index (χ3v) is 2.43. The first-order chi connectivity index (χ1) is 5.88. The predicted molar refractivity (Wildman–Crippen MR) is 56.0 cm³/mol. The maximum atomic E-state index is 5.94. The van der Waals surface area contributed by atoms with Crippen molar-refractivity contribution in [3.63, 3.8) is 0 Å². The summed E-state index contributed by atoms with van der Waals surface area (Å²) in [5, 5.41) is 0. The quantitative estimate of drug-likeness (QED) is 0.654. The van der Waals surface area contributed by atoms with Gasteiger partial charge in [0.2, 0.25) is 0 Å². The van der Waals surface area contributed by atoms with Gasteiger partial charge in [-0.15, -0.1) is 0 Å². The summed E-state index contributed by atoms with van der Waals surface area (Å²) < 4.78 is 5.94. The molecule has 1 fully saturated rings. The molecule has 0 unspecified atom stereocenters. The number of hydrogen-bond donors (Lipinski definition) is 0. The summed E-state index contributed by atoms with van der Waals surface area (Å²) in [6, 6.07) is 0.661. The van der Waals surface area contributed by atoms with Gasteiger partial charge in [0, 0.05) is 19.1 Å². The largest absolute Gasteiger partial charge is 0.371 e. The summed E-state index contributed by atoms with van der Waals surface area (Å²) >= 11 is 0. The van der Waals surface area contributed by atoms with Gasteiger partial charge in [-0.25, -0.2) is 0 Å². The fourth-order valence-corrected chi connectivity index (χ4v) is 1.82. The molecule has 0 aromatic heterocycles. The Morgan fingerprint density at radius 1 is 1.31 bits per heavy atom. The summed E-state index contributed by atoms with van der Waals surface area (Å²) in [6.07, 6.45) is 1.64. The van der Waals surface area contributed by atoms with Crippen LogP contribution in [0.2, 0.25) is 0 Å². The number of ether oxygens (including phenoxy) is 1. The van der Waals surface area contributed by atoms with E-state index in [9.17, 15) is 0 Å². The number of likely N-dealkylation sites (tertiary alicyclic amines) is 1. The average Bonchev–Trinajstić information content (AvgIpc) is 2.31. The summed E-state index contributed by atoms with van der Waals surface area (Å²) in [5.74, 6) is 0. The fourth-order valence-electron chi connectivity index (χ4n) is 1.82. The number of nitrogens with zero attached hydrogens (tertiary/aromatic N) is 1. The number of hydrogen-bond acceptors (Lipinski definition) is 2. The first-order valence-corrected chi connectivity index (χ1v) is 5.30. The molecule has 0 N–H and O–H groups in total. The third kappa shape index (κ3) is 3.65. The van der Waals surface area contributed by atoms with Gasteiger partial charge in [-0.05, 0) is 41.0 Å². The zero-order valence-electron chi connectivity index (χ0n) is 9.63. The maximum absolute atomic E-state index is 5.94. The van der Waals surface area contributed by atoms with Crippen molar-refractivity contribution >= 4 is 0 Å². The molecule has 1 saturated heterocycles. The Kier molecular flexibility index (Phi) is 3.36. The molecule has 0 aromatic rings. The summed E-state index contributed by atoms with van der Waals surface area (Å²) in [7, 11) is 0. The van der Waals surface area contributed by atoms with E-state index in [1.54, 1.807) is 0 Å². The molecule has 0 bridgehead atoms. The van der Waals surface area contributed by atoms with Gasteiger partial charge in [-0.2, -0.15) is 0 Å². The van der Waals surface area contributed by atoms with Crippen LogP contribution in [-0.4, -0.2) is 35.7 Å². The molecule has 1 aliphatic rings. The highest BCUT2D eigenvalue weighted by molar-refractivity contribution is 4.80. The van der Waals surface area contributed by atoms with Gasteiger partial charge >= 0.3 is 0 Å². The van der Waals surface area contributed by atoms with Crippen LogP contribution in [0.25, 0.3) is 0 Å². The van der Waals surface area contributed by atoms with Crippen molar-refractivity contribution in [3.8, 4) is 0 Å². The standard InChI is InChI=1S/C11H23NO/c1-9(2)12-7-6-10(8-12)13-11(3,4)5/h9-10H,6-8H2,1-5H3/t10-/m0/s1. The molecule has 0 aliphatic carbocycles. The van der Waals surface area contributed by atoms with E-state index in [-0.39, 0.29) is 5.60 Å². The first-order valence-electron chi connectivity index (χ1n) is 5.30. The molecule has 78 valence electrons. The van der Waals surface area contributed by atoms with Crippen LogP contribution >= 0.6 is 0 Å². The van der Waals surface area contributed by atoms with Crippen LogP contribution in [0.15, 0.2) is 0 Å². The molecule has 2 nitrogen and oxygen atoms in total. The van der Waals surface area contributed by atoms with Crippen molar-refractivity contribution in [2.45, 2.75) is 58.8 Å². The van der Waals surface area contributed by atoms with E-state index in [4.69, 9.17) is 4.74 Å². The monoisotopic (exact) mass is 185 g/mol. The third-order valence-electron chi connectivity index (χ3n) is 2.43. The van der Waals surface area contributed by atoms with Gasteiger partial charge in [-0.1, -0.05) is 0 Å². The van der Waals surface area contributed by atoms with Crippen LogP contribution in [0.1, 0.15) is 41.0 Å². The summed E-state index contributed by atoms with van der Waals surface area (Å²) in [6.45, 7) is 13.2. The zero-order valence-corrected chi connectivity index (χ0v) is 9.63. The summed E-state index contributed by atoms with van der Waals surface area (Å²) in [4.78, 5) is 2.48.